The van der Waals surface area contributed by atoms with Crippen LogP contribution in [0, 0.1) is 10.1 Å². The van der Waals surface area contributed by atoms with Crippen LogP contribution in [-0.2, 0) is 15.8 Å². The number of nitrogens with zero attached hydrogens (tertiary/aromatic N) is 4. The molecule has 2 aromatic carbocycles. The van der Waals surface area contributed by atoms with Gasteiger partial charge in [-0.15, -0.1) is 0 Å². The van der Waals surface area contributed by atoms with E-state index in [0.717, 1.165) is 18.4 Å². The summed E-state index contributed by atoms with van der Waals surface area (Å²) in [7, 11) is -3.52. The lowest BCUT2D eigenvalue weighted by Gasteiger charge is -2.19. The molecular formula is C21H22N4O5S2. The van der Waals surface area contributed by atoms with Crippen molar-refractivity contribution >= 4 is 38.5 Å². The van der Waals surface area contributed by atoms with Crippen molar-refractivity contribution in [1.29, 1.82) is 0 Å². The van der Waals surface area contributed by atoms with Gasteiger partial charge in [-0.3, -0.25) is 24.8 Å². The zero-order chi connectivity index (χ0) is 22.7. The van der Waals surface area contributed by atoms with Crippen LogP contribution in [0.2, 0.25) is 0 Å². The molecule has 2 aliphatic rings. The molecule has 0 unspecified atom stereocenters. The maximum absolute atomic E-state index is 13.0. The Bertz CT molecular complexity index is 1140. The molecule has 0 N–H and O–H groups in total. The van der Waals surface area contributed by atoms with Crippen molar-refractivity contribution in [2.45, 2.75) is 23.5 Å². The summed E-state index contributed by atoms with van der Waals surface area (Å²) in [5, 5.41) is 11.4. The van der Waals surface area contributed by atoms with E-state index in [-0.39, 0.29) is 16.5 Å². The van der Waals surface area contributed by atoms with Gasteiger partial charge in [-0.1, -0.05) is 23.9 Å². The fourth-order valence-electron chi connectivity index (χ4n) is 3.60. The number of nitro benzene ring substituents is 1. The van der Waals surface area contributed by atoms with Gasteiger partial charge in [0.15, 0.2) is 5.17 Å². The first-order valence-corrected chi connectivity index (χ1v) is 12.6. The second-order valence-corrected chi connectivity index (χ2v) is 10.3. The van der Waals surface area contributed by atoms with Crippen molar-refractivity contribution in [2.24, 2.45) is 4.99 Å². The van der Waals surface area contributed by atoms with E-state index >= 15 is 0 Å². The smallest absolute Gasteiger partial charge is 0.269 e. The molecule has 0 bridgehead atoms. The Morgan fingerprint density at radius 1 is 1.03 bits per heavy atom. The fraction of sp³-hybridized carbons (Fsp3) is 0.333. The number of carbonyl (C=O) groups is 1. The molecule has 11 heteroatoms. The van der Waals surface area contributed by atoms with E-state index in [2.05, 4.69) is 4.99 Å². The van der Waals surface area contributed by atoms with Crippen LogP contribution >= 0.6 is 11.8 Å². The number of amidine groups is 1. The maximum atomic E-state index is 13.0. The molecule has 168 valence electrons. The number of non-ortho nitro benzene ring substituents is 1. The topological polar surface area (TPSA) is 113 Å². The van der Waals surface area contributed by atoms with Crippen molar-refractivity contribution < 1.29 is 18.1 Å². The van der Waals surface area contributed by atoms with Gasteiger partial charge in [0, 0.05) is 43.1 Å². The van der Waals surface area contributed by atoms with Crippen molar-refractivity contribution in [1.82, 2.24) is 9.21 Å². The van der Waals surface area contributed by atoms with Gasteiger partial charge in [-0.05, 0) is 42.7 Å². The average Bonchev–Trinajstić information content (AvgIpc) is 3.50. The van der Waals surface area contributed by atoms with Crippen molar-refractivity contribution in [2.75, 3.05) is 26.2 Å². The quantitative estimate of drug-likeness (QED) is 0.470. The molecule has 2 aromatic rings. The van der Waals surface area contributed by atoms with Crippen LogP contribution in [-0.4, -0.2) is 59.8 Å². The summed E-state index contributed by atoms with van der Waals surface area (Å²) < 4.78 is 26.8. The predicted octanol–water partition coefficient (Wildman–Crippen LogP) is 3.12. The zero-order valence-electron chi connectivity index (χ0n) is 17.2. The summed E-state index contributed by atoms with van der Waals surface area (Å²) in [6.45, 7) is 2.01. The highest BCUT2D eigenvalue weighted by Crippen LogP contribution is 2.24. The van der Waals surface area contributed by atoms with Crippen LogP contribution in [0.5, 0.6) is 0 Å². The van der Waals surface area contributed by atoms with Gasteiger partial charge >= 0.3 is 0 Å². The Labute approximate surface area is 190 Å². The Balaban J connectivity index is 1.41. The first-order chi connectivity index (χ1) is 15.4. The highest BCUT2D eigenvalue weighted by atomic mass is 32.2. The minimum absolute atomic E-state index is 0.0314. The van der Waals surface area contributed by atoms with Crippen molar-refractivity contribution in [3.05, 3.63) is 69.8 Å². The van der Waals surface area contributed by atoms with Crippen LogP contribution < -0.4 is 0 Å². The number of thioether (sulfide) groups is 1. The van der Waals surface area contributed by atoms with E-state index in [9.17, 15) is 23.3 Å². The van der Waals surface area contributed by atoms with Gasteiger partial charge in [0.25, 0.3) is 11.6 Å². The van der Waals surface area contributed by atoms with Crippen molar-refractivity contribution in [3.8, 4) is 0 Å². The molecule has 1 amide bonds. The lowest BCUT2D eigenvalue weighted by Crippen LogP contribution is -2.33. The molecule has 0 spiro atoms. The monoisotopic (exact) mass is 474 g/mol. The molecule has 2 aliphatic heterocycles. The third-order valence-corrected chi connectivity index (χ3v) is 8.36. The van der Waals surface area contributed by atoms with Gasteiger partial charge in [0.05, 0.1) is 16.4 Å². The Morgan fingerprint density at radius 2 is 1.69 bits per heavy atom. The molecule has 32 heavy (non-hydrogen) atoms. The average molecular weight is 475 g/mol. The minimum atomic E-state index is -3.52. The number of sulfonamides is 1. The highest BCUT2D eigenvalue weighted by Gasteiger charge is 2.29. The van der Waals surface area contributed by atoms with Gasteiger partial charge in [0.1, 0.15) is 0 Å². The molecular weight excluding hydrogens is 452 g/mol. The maximum Gasteiger partial charge on any atom is 0.269 e. The lowest BCUT2D eigenvalue weighted by atomic mass is 10.2. The Morgan fingerprint density at radius 3 is 2.31 bits per heavy atom. The Hall–Kier alpha value is -2.76. The molecule has 2 heterocycles. The molecule has 1 fully saturated rings. The third kappa shape index (κ3) is 4.69. The summed E-state index contributed by atoms with van der Waals surface area (Å²) >= 11 is 1.39. The standard InChI is InChI=1S/C21H22N4O5S2/c26-20(17-5-9-19(10-6-17)32(29,30)23-12-1-2-13-23)24-14-11-22-21(24)31-15-16-3-7-18(8-4-16)25(27)28/h3-10H,1-2,11-15H2. The number of carbonyl (C=O) groups excluding carboxylic acids is 1. The second-order valence-electron chi connectivity index (χ2n) is 7.47. The lowest BCUT2D eigenvalue weighted by molar-refractivity contribution is -0.384. The zero-order valence-corrected chi connectivity index (χ0v) is 18.8. The number of aliphatic imine (C=N–C) groups is 1. The molecule has 1 saturated heterocycles. The first-order valence-electron chi connectivity index (χ1n) is 10.2. The first kappa shape index (κ1) is 22.4. The van der Waals surface area contributed by atoms with Crippen LogP contribution in [0.4, 0.5) is 5.69 Å². The van der Waals surface area contributed by atoms with E-state index in [0.29, 0.717) is 42.7 Å². The van der Waals surface area contributed by atoms with Crippen LogP contribution in [0.3, 0.4) is 0 Å². The van der Waals surface area contributed by atoms with Crippen molar-refractivity contribution in [3.63, 3.8) is 0 Å². The predicted molar refractivity (Wildman–Crippen MR) is 122 cm³/mol. The molecule has 0 radical (unpaired) electrons. The van der Waals surface area contributed by atoms with Gasteiger partial charge in [0.2, 0.25) is 10.0 Å². The molecule has 4 rings (SSSR count). The van der Waals surface area contributed by atoms with Gasteiger partial charge < -0.3 is 0 Å². The van der Waals surface area contributed by atoms with E-state index < -0.39 is 14.9 Å². The highest BCUT2D eigenvalue weighted by molar-refractivity contribution is 8.13. The number of benzene rings is 2. The summed E-state index contributed by atoms with van der Waals surface area (Å²) in [5.74, 6) is 0.288. The molecule has 0 saturated carbocycles. The number of nitro groups is 1. The number of amides is 1. The SMILES string of the molecule is O=C(c1ccc(S(=O)(=O)N2CCCC2)cc1)N1CCN=C1SCc1ccc([N+](=O)[O-])cc1. The number of hydrogen-bond acceptors (Lipinski definition) is 7. The Kier molecular flexibility index (Phi) is 6.58. The molecule has 9 nitrogen and oxygen atoms in total. The number of hydrogen-bond donors (Lipinski definition) is 0. The minimum Gasteiger partial charge on any atom is -0.286 e. The molecule has 0 atom stereocenters. The van der Waals surface area contributed by atoms with E-state index in [1.54, 1.807) is 29.2 Å². The van der Waals surface area contributed by atoms with E-state index in [1.165, 1.54) is 40.3 Å². The summed E-state index contributed by atoms with van der Waals surface area (Å²) in [6, 6.07) is 12.3. The van der Waals surface area contributed by atoms with Crippen LogP contribution in [0.25, 0.3) is 0 Å². The summed E-state index contributed by atoms with van der Waals surface area (Å²) in [5.41, 5.74) is 1.32. The third-order valence-electron chi connectivity index (χ3n) is 5.37. The summed E-state index contributed by atoms with van der Waals surface area (Å²) in [6.07, 6.45) is 1.73. The van der Waals surface area contributed by atoms with Crippen LogP contribution in [0.1, 0.15) is 28.8 Å². The van der Waals surface area contributed by atoms with Crippen LogP contribution in [0.15, 0.2) is 58.4 Å². The van der Waals surface area contributed by atoms with Gasteiger partial charge in [-0.2, -0.15) is 4.31 Å². The molecule has 0 aliphatic carbocycles. The van der Waals surface area contributed by atoms with E-state index in [4.69, 9.17) is 0 Å². The second kappa shape index (κ2) is 9.39. The molecule has 0 aromatic heterocycles. The largest absolute Gasteiger partial charge is 0.286 e. The fourth-order valence-corrected chi connectivity index (χ4v) is 6.12. The van der Waals surface area contributed by atoms with Gasteiger partial charge in [-0.25, -0.2) is 8.42 Å². The number of rotatable bonds is 6. The normalized spacial score (nSPS) is 16.9. The summed E-state index contributed by atoms with van der Waals surface area (Å²) in [4.78, 5) is 29.5. The van der Waals surface area contributed by atoms with E-state index in [1.807, 2.05) is 0 Å².